The summed E-state index contributed by atoms with van der Waals surface area (Å²) in [6.45, 7) is 5.50. The van der Waals surface area contributed by atoms with Crippen LogP contribution < -0.4 is 9.47 Å². The average Bonchev–Trinajstić information content (AvgIpc) is 2.47. The van der Waals surface area contributed by atoms with Gasteiger partial charge in [0.15, 0.2) is 11.5 Å². The predicted molar refractivity (Wildman–Crippen MR) is 60.0 cm³/mol. The van der Waals surface area contributed by atoms with Gasteiger partial charge in [0.2, 0.25) is 0 Å². The summed E-state index contributed by atoms with van der Waals surface area (Å²) in [5, 5.41) is 10.0. The van der Waals surface area contributed by atoms with Crippen molar-refractivity contribution in [2.45, 2.75) is 31.8 Å². The van der Waals surface area contributed by atoms with Crippen LogP contribution in [0, 0.1) is 0 Å². The van der Waals surface area contributed by atoms with Gasteiger partial charge in [-0.15, -0.1) is 0 Å². The molecule has 1 aliphatic carbocycles. The number of fused-ring (bicyclic) bond motifs is 2. The lowest BCUT2D eigenvalue weighted by Gasteiger charge is -2.23. The first-order chi connectivity index (χ1) is 7.58. The highest BCUT2D eigenvalue weighted by Crippen LogP contribution is 2.48. The monoisotopic (exact) mass is 220 g/mol. The van der Waals surface area contributed by atoms with E-state index in [-0.39, 0.29) is 11.5 Å². The number of aliphatic hydroxyl groups excluding tert-OH is 1. The van der Waals surface area contributed by atoms with Gasteiger partial charge in [-0.25, -0.2) is 0 Å². The number of ether oxygens (including phenoxy) is 2. The maximum absolute atomic E-state index is 10.0. The summed E-state index contributed by atoms with van der Waals surface area (Å²) in [6.07, 6.45) is 0.395. The van der Waals surface area contributed by atoms with E-state index in [0.29, 0.717) is 13.2 Å². The van der Waals surface area contributed by atoms with E-state index in [1.165, 1.54) is 5.56 Å². The maximum atomic E-state index is 10.0. The molecule has 0 saturated carbocycles. The third kappa shape index (κ3) is 1.31. The molecule has 2 aliphatic rings. The second-order valence-corrected chi connectivity index (χ2v) is 5.19. The molecular formula is C13H16O3. The molecule has 0 bridgehead atoms. The zero-order valence-electron chi connectivity index (χ0n) is 9.62. The highest BCUT2D eigenvalue weighted by atomic mass is 16.6. The molecule has 1 aromatic carbocycles. The minimum atomic E-state index is -0.374. The summed E-state index contributed by atoms with van der Waals surface area (Å²) in [6, 6.07) is 3.96. The Hall–Kier alpha value is -1.22. The molecular weight excluding hydrogens is 204 g/mol. The molecule has 0 unspecified atom stereocenters. The third-order valence-corrected chi connectivity index (χ3v) is 3.51. The largest absolute Gasteiger partial charge is 0.486 e. The number of benzene rings is 1. The second kappa shape index (κ2) is 3.14. The Morgan fingerprint density at radius 2 is 1.81 bits per heavy atom. The van der Waals surface area contributed by atoms with Crippen LogP contribution in [0.25, 0.3) is 0 Å². The van der Waals surface area contributed by atoms with Gasteiger partial charge in [0.05, 0.1) is 6.10 Å². The molecule has 0 fully saturated rings. The summed E-state index contributed by atoms with van der Waals surface area (Å²) >= 11 is 0. The molecule has 0 radical (unpaired) electrons. The molecule has 16 heavy (non-hydrogen) atoms. The van der Waals surface area contributed by atoms with Crippen molar-refractivity contribution < 1.29 is 14.6 Å². The summed E-state index contributed by atoms with van der Waals surface area (Å²) < 4.78 is 11.1. The van der Waals surface area contributed by atoms with Crippen molar-refractivity contribution in [2.24, 2.45) is 0 Å². The fourth-order valence-corrected chi connectivity index (χ4v) is 2.67. The molecule has 1 atom stereocenters. The zero-order valence-corrected chi connectivity index (χ0v) is 9.62. The van der Waals surface area contributed by atoms with E-state index in [2.05, 4.69) is 13.8 Å². The Kier molecular flexibility index (Phi) is 1.96. The summed E-state index contributed by atoms with van der Waals surface area (Å²) in [5.74, 6) is 1.58. The molecule has 0 amide bonds. The number of hydrogen-bond donors (Lipinski definition) is 1. The first kappa shape index (κ1) is 9.97. The SMILES string of the molecule is CC1(C)C[C@@H](O)c2cc3c(cc21)OCCO3. The molecule has 1 N–H and O–H groups in total. The van der Waals surface area contributed by atoms with Crippen LogP contribution in [0.1, 0.15) is 37.5 Å². The van der Waals surface area contributed by atoms with Gasteiger partial charge in [0.25, 0.3) is 0 Å². The van der Waals surface area contributed by atoms with E-state index in [9.17, 15) is 5.11 Å². The maximum Gasteiger partial charge on any atom is 0.161 e. The van der Waals surface area contributed by atoms with E-state index in [0.717, 1.165) is 23.5 Å². The number of hydrogen-bond acceptors (Lipinski definition) is 3. The molecule has 1 aliphatic heterocycles. The van der Waals surface area contributed by atoms with Gasteiger partial charge in [-0.2, -0.15) is 0 Å². The summed E-state index contributed by atoms with van der Waals surface area (Å²) in [7, 11) is 0. The Balaban J connectivity index is 2.16. The lowest BCUT2D eigenvalue weighted by molar-refractivity contribution is 0.159. The molecule has 86 valence electrons. The van der Waals surface area contributed by atoms with Crippen molar-refractivity contribution in [3.8, 4) is 11.5 Å². The Labute approximate surface area is 95.0 Å². The van der Waals surface area contributed by atoms with Crippen molar-refractivity contribution in [3.63, 3.8) is 0 Å². The predicted octanol–water partition coefficient (Wildman–Crippen LogP) is 2.17. The molecule has 3 rings (SSSR count). The quantitative estimate of drug-likeness (QED) is 0.728. The fourth-order valence-electron chi connectivity index (χ4n) is 2.67. The van der Waals surface area contributed by atoms with Crippen molar-refractivity contribution in [1.82, 2.24) is 0 Å². The highest BCUT2D eigenvalue weighted by molar-refractivity contribution is 5.53. The van der Waals surface area contributed by atoms with E-state index in [4.69, 9.17) is 9.47 Å². The molecule has 1 aromatic rings. The summed E-state index contributed by atoms with van der Waals surface area (Å²) in [4.78, 5) is 0. The fraction of sp³-hybridized carbons (Fsp3) is 0.538. The Morgan fingerprint density at radius 3 is 2.50 bits per heavy atom. The van der Waals surface area contributed by atoms with Gasteiger partial charge < -0.3 is 14.6 Å². The van der Waals surface area contributed by atoms with E-state index in [1.54, 1.807) is 0 Å². The van der Waals surface area contributed by atoms with Crippen molar-refractivity contribution >= 4 is 0 Å². The second-order valence-electron chi connectivity index (χ2n) is 5.19. The standard InChI is InChI=1S/C13H16O3/c1-13(2)7-10(14)8-5-11-12(6-9(8)13)16-4-3-15-11/h5-6,10,14H,3-4,7H2,1-2H3/t10-/m1/s1. The van der Waals surface area contributed by atoms with Crippen LogP contribution in [0.3, 0.4) is 0 Å². The van der Waals surface area contributed by atoms with Crippen LogP contribution in [-0.2, 0) is 5.41 Å². The van der Waals surface area contributed by atoms with Gasteiger partial charge in [-0.1, -0.05) is 13.8 Å². The van der Waals surface area contributed by atoms with Gasteiger partial charge in [-0.3, -0.25) is 0 Å². The molecule has 0 spiro atoms. The highest BCUT2D eigenvalue weighted by Gasteiger charge is 2.37. The van der Waals surface area contributed by atoms with Gasteiger partial charge in [0, 0.05) is 0 Å². The van der Waals surface area contributed by atoms with E-state index < -0.39 is 0 Å². The van der Waals surface area contributed by atoms with Crippen LogP contribution in [0.5, 0.6) is 11.5 Å². The van der Waals surface area contributed by atoms with Gasteiger partial charge in [-0.05, 0) is 35.1 Å². The lowest BCUT2D eigenvalue weighted by atomic mass is 9.86. The third-order valence-electron chi connectivity index (χ3n) is 3.51. The molecule has 3 nitrogen and oxygen atoms in total. The molecule has 3 heteroatoms. The van der Waals surface area contributed by atoms with Crippen molar-refractivity contribution in [1.29, 1.82) is 0 Å². The van der Waals surface area contributed by atoms with Crippen molar-refractivity contribution in [2.75, 3.05) is 13.2 Å². The smallest absolute Gasteiger partial charge is 0.161 e. The first-order valence-corrected chi connectivity index (χ1v) is 5.70. The minimum absolute atomic E-state index is 0.0184. The number of aliphatic hydroxyl groups is 1. The average molecular weight is 220 g/mol. The van der Waals surface area contributed by atoms with Crippen LogP contribution in [0.15, 0.2) is 12.1 Å². The molecule has 0 saturated heterocycles. The lowest BCUT2D eigenvalue weighted by Crippen LogP contribution is -2.17. The topological polar surface area (TPSA) is 38.7 Å². The van der Waals surface area contributed by atoms with Crippen molar-refractivity contribution in [3.05, 3.63) is 23.3 Å². The van der Waals surface area contributed by atoms with Crippen LogP contribution >= 0.6 is 0 Å². The molecule has 0 aromatic heterocycles. The van der Waals surface area contributed by atoms with Gasteiger partial charge >= 0.3 is 0 Å². The molecule has 1 heterocycles. The van der Waals surface area contributed by atoms with E-state index in [1.807, 2.05) is 12.1 Å². The normalized spacial score (nSPS) is 25.3. The first-order valence-electron chi connectivity index (χ1n) is 5.70. The summed E-state index contributed by atoms with van der Waals surface area (Å²) in [5.41, 5.74) is 2.20. The minimum Gasteiger partial charge on any atom is -0.486 e. The van der Waals surface area contributed by atoms with Crippen LogP contribution in [0.4, 0.5) is 0 Å². The van der Waals surface area contributed by atoms with Gasteiger partial charge in [0.1, 0.15) is 13.2 Å². The Bertz CT molecular complexity index is 437. The Morgan fingerprint density at radius 1 is 1.19 bits per heavy atom. The number of rotatable bonds is 0. The van der Waals surface area contributed by atoms with E-state index >= 15 is 0 Å². The van der Waals surface area contributed by atoms with Crippen LogP contribution in [-0.4, -0.2) is 18.3 Å². The zero-order chi connectivity index (χ0) is 11.3. The van der Waals surface area contributed by atoms with Crippen LogP contribution in [0.2, 0.25) is 0 Å².